The molecule has 0 saturated heterocycles. The normalized spacial score (nSPS) is 19.8. The van der Waals surface area contributed by atoms with Crippen LogP contribution in [0.2, 0.25) is 5.02 Å². The van der Waals surface area contributed by atoms with E-state index in [1.165, 1.54) is 24.3 Å². The molecule has 8 heteroatoms. The first-order valence-electron chi connectivity index (χ1n) is 10.1. The Balaban J connectivity index is 1.83. The molecule has 0 atom stereocenters. The van der Waals surface area contributed by atoms with Crippen LogP contribution in [0.25, 0.3) is 0 Å². The summed E-state index contributed by atoms with van der Waals surface area (Å²) in [6, 6.07) is 11.0. The molecule has 1 fully saturated rings. The fraction of sp³-hybridized carbons (Fsp3) is 0.391. The summed E-state index contributed by atoms with van der Waals surface area (Å²) in [4.78, 5) is 26.7. The van der Waals surface area contributed by atoms with Gasteiger partial charge in [0.05, 0.1) is 16.0 Å². The van der Waals surface area contributed by atoms with Gasteiger partial charge < -0.3 is 9.64 Å². The highest BCUT2D eigenvalue weighted by atomic mass is 35.5. The van der Waals surface area contributed by atoms with Gasteiger partial charge in [0.1, 0.15) is 22.9 Å². The zero-order valence-electron chi connectivity index (χ0n) is 17.6. The second kappa shape index (κ2) is 7.35. The first-order valence-corrected chi connectivity index (χ1v) is 12.0. The number of hydrogen-bond acceptors (Lipinski definition) is 5. The topological polar surface area (TPSA) is 80.8 Å². The molecule has 2 aliphatic rings. The van der Waals surface area contributed by atoms with E-state index in [1.807, 2.05) is 20.8 Å². The predicted octanol–water partition coefficient (Wildman–Crippen LogP) is 4.14. The number of carbonyl (C=O) groups excluding carboxylic acids is 2. The van der Waals surface area contributed by atoms with E-state index in [4.69, 9.17) is 16.3 Å². The largest absolute Gasteiger partial charge is 0.490 e. The van der Waals surface area contributed by atoms with Crippen molar-refractivity contribution < 1.29 is 22.7 Å². The minimum Gasteiger partial charge on any atom is -0.490 e. The molecule has 0 bridgehead atoms. The van der Waals surface area contributed by atoms with Gasteiger partial charge in [-0.25, -0.2) is 8.42 Å². The smallest absolute Gasteiger partial charge is 0.236 e. The number of benzene rings is 2. The van der Waals surface area contributed by atoms with Crippen molar-refractivity contribution in [3.05, 3.63) is 53.1 Å². The third kappa shape index (κ3) is 3.34. The number of carbonyl (C=O) groups is 2. The molecule has 0 unspecified atom stereocenters. The minimum absolute atomic E-state index is 0.0520. The molecular weight excluding hydrogens is 438 g/mol. The number of ketones is 1. The number of nitrogens with zero attached hydrogens (tertiary/aromatic N) is 1. The molecule has 1 aliphatic heterocycles. The molecule has 1 amide bonds. The van der Waals surface area contributed by atoms with Crippen LogP contribution in [0, 0.1) is 5.41 Å². The van der Waals surface area contributed by atoms with Gasteiger partial charge >= 0.3 is 0 Å². The lowest BCUT2D eigenvalue weighted by Crippen LogP contribution is -2.48. The van der Waals surface area contributed by atoms with Crippen LogP contribution in [0.5, 0.6) is 5.75 Å². The van der Waals surface area contributed by atoms with Crippen molar-refractivity contribution in [1.29, 1.82) is 0 Å². The van der Waals surface area contributed by atoms with Gasteiger partial charge in [0, 0.05) is 24.4 Å². The van der Waals surface area contributed by atoms with Gasteiger partial charge in [-0.15, -0.1) is 0 Å². The van der Waals surface area contributed by atoms with Crippen LogP contribution in [0.15, 0.2) is 47.4 Å². The summed E-state index contributed by atoms with van der Waals surface area (Å²) < 4.78 is 31.8. The average Bonchev–Trinajstić information content (AvgIpc) is 2.79. The van der Waals surface area contributed by atoms with E-state index >= 15 is 0 Å². The number of ether oxygens (including phenoxy) is 1. The van der Waals surface area contributed by atoms with E-state index in [2.05, 4.69) is 0 Å². The number of fused-ring (bicyclic) bond motifs is 1. The SMILES string of the molecule is CCN1C(=O)C(C)(C)COc2cc(C3(S(=O)(=O)c4ccc(Cl)cc4)CC(=O)C3)ccc21. The highest BCUT2D eigenvalue weighted by molar-refractivity contribution is 7.92. The Morgan fingerprint density at radius 3 is 2.29 bits per heavy atom. The molecule has 0 aromatic heterocycles. The van der Waals surface area contributed by atoms with E-state index in [-0.39, 0.29) is 36.0 Å². The molecule has 31 heavy (non-hydrogen) atoms. The Morgan fingerprint density at radius 1 is 1.06 bits per heavy atom. The molecule has 1 aliphatic carbocycles. The van der Waals surface area contributed by atoms with Crippen LogP contribution in [-0.4, -0.2) is 33.3 Å². The lowest BCUT2D eigenvalue weighted by atomic mass is 9.77. The first kappa shape index (κ1) is 21.8. The van der Waals surface area contributed by atoms with E-state index in [9.17, 15) is 18.0 Å². The van der Waals surface area contributed by atoms with E-state index < -0.39 is 20.0 Å². The summed E-state index contributed by atoms with van der Waals surface area (Å²) in [7, 11) is -3.87. The lowest BCUT2D eigenvalue weighted by Gasteiger charge is -2.40. The Labute approximate surface area is 187 Å². The van der Waals surface area contributed by atoms with Crippen molar-refractivity contribution in [2.75, 3.05) is 18.1 Å². The number of rotatable bonds is 4. The third-order valence-electron chi connectivity index (χ3n) is 6.11. The van der Waals surface area contributed by atoms with Crippen molar-refractivity contribution in [2.45, 2.75) is 43.3 Å². The predicted molar refractivity (Wildman–Crippen MR) is 118 cm³/mol. The van der Waals surface area contributed by atoms with Crippen molar-refractivity contribution in [2.24, 2.45) is 5.41 Å². The van der Waals surface area contributed by atoms with E-state index in [1.54, 1.807) is 23.1 Å². The number of Topliss-reactive ketones (excluding diaryl/α,β-unsaturated/α-hetero) is 1. The van der Waals surface area contributed by atoms with Crippen LogP contribution >= 0.6 is 11.6 Å². The summed E-state index contributed by atoms with van der Waals surface area (Å²) in [5.41, 5.74) is 0.379. The maximum Gasteiger partial charge on any atom is 0.236 e. The zero-order valence-corrected chi connectivity index (χ0v) is 19.2. The molecule has 1 heterocycles. The first-order chi connectivity index (χ1) is 14.5. The number of halogens is 1. The standard InChI is InChI=1S/C23H24ClNO5S/c1-4-25-19-10-5-15(11-20(19)30-14-22(2,3)21(25)27)23(12-17(26)13-23)31(28,29)18-8-6-16(24)7-9-18/h5-11H,4,12-14H2,1-3H3. The fourth-order valence-electron chi connectivity index (χ4n) is 4.22. The Hall–Kier alpha value is -2.38. The number of hydrogen-bond donors (Lipinski definition) is 0. The summed E-state index contributed by atoms with van der Waals surface area (Å²) in [5.74, 6) is 0.284. The number of anilines is 1. The molecule has 1 saturated carbocycles. The molecule has 2 aromatic carbocycles. The Morgan fingerprint density at radius 2 is 1.71 bits per heavy atom. The van der Waals surface area contributed by atoms with Crippen molar-refractivity contribution in [3.63, 3.8) is 0 Å². The number of sulfone groups is 1. The van der Waals surface area contributed by atoms with Crippen LogP contribution in [0.1, 0.15) is 39.2 Å². The fourth-order valence-corrected chi connectivity index (χ4v) is 6.43. The Kier molecular flexibility index (Phi) is 5.17. The quantitative estimate of drug-likeness (QED) is 0.683. The number of amides is 1. The minimum atomic E-state index is -3.87. The Bertz CT molecular complexity index is 1160. The molecule has 4 rings (SSSR count). The molecule has 6 nitrogen and oxygen atoms in total. The van der Waals surface area contributed by atoms with Crippen LogP contribution in [0.3, 0.4) is 0 Å². The molecule has 164 valence electrons. The van der Waals surface area contributed by atoms with Gasteiger partial charge in [0.25, 0.3) is 0 Å². The summed E-state index contributed by atoms with van der Waals surface area (Å²) in [5, 5.41) is 0.433. The van der Waals surface area contributed by atoms with E-state index in [0.29, 0.717) is 28.6 Å². The van der Waals surface area contributed by atoms with Crippen LogP contribution in [0.4, 0.5) is 5.69 Å². The van der Waals surface area contributed by atoms with Crippen molar-refractivity contribution in [3.8, 4) is 5.75 Å². The summed E-state index contributed by atoms with van der Waals surface area (Å²) >= 11 is 5.92. The van der Waals surface area contributed by atoms with Crippen molar-refractivity contribution >= 4 is 38.8 Å². The summed E-state index contributed by atoms with van der Waals surface area (Å²) in [6.45, 7) is 6.16. The maximum atomic E-state index is 13.6. The molecule has 0 spiro atoms. The zero-order chi connectivity index (χ0) is 22.6. The highest BCUT2D eigenvalue weighted by Crippen LogP contribution is 2.51. The van der Waals surface area contributed by atoms with Crippen LogP contribution in [-0.2, 0) is 24.2 Å². The second-order valence-corrected chi connectivity index (χ2v) is 11.4. The molecular formula is C23H24ClNO5S. The molecule has 2 aromatic rings. The maximum absolute atomic E-state index is 13.6. The van der Waals surface area contributed by atoms with Gasteiger partial charge in [-0.2, -0.15) is 0 Å². The van der Waals surface area contributed by atoms with Crippen molar-refractivity contribution in [1.82, 2.24) is 0 Å². The third-order valence-corrected chi connectivity index (χ3v) is 8.81. The monoisotopic (exact) mass is 461 g/mol. The van der Waals surface area contributed by atoms with Crippen LogP contribution < -0.4 is 9.64 Å². The molecule has 0 N–H and O–H groups in total. The second-order valence-electron chi connectivity index (χ2n) is 8.75. The highest BCUT2D eigenvalue weighted by Gasteiger charge is 2.56. The van der Waals surface area contributed by atoms with Gasteiger partial charge in [-0.1, -0.05) is 17.7 Å². The van der Waals surface area contributed by atoms with Gasteiger partial charge in [0.2, 0.25) is 5.91 Å². The average molecular weight is 462 g/mol. The van der Waals surface area contributed by atoms with E-state index in [0.717, 1.165) is 0 Å². The van der Waals surface area contributed by atoms with Gasteiger partial charge in [0.15, 0.2) is 9.84 Å². The molecule has 0 radical (unpaired) electrons. The van der Waals surface area contributed by atoms with Gasteiger partial charge in [-0.05, 0) is 62.7 Å². The lowest BCUT2D eigenvalue weighted by molar-refractivity contribution is -0.127. The summed E-state index contributed by atoms with van der Waals surface area (Å²) in [6.07, 6.45) is -0.197. The van der Waals surface area contributed by atoms with Gasteiger partial charge in [-0.3, -0.25) is 9.59 Å².